The molecule has 16 rings (SSSR count). The number of pyridine rings is 8. The minimum atomic E-state index is -3.47. The topological polar surface area (TPSA) is 489 Å². The van der Waals surface area contributed by atoms with E-state index in [1.165, 1.54) is 55.0 Å². The van der Waals surface area contributed by atoms with Gasteiger partial charge in [0.15, 0.2) is 67.4 Å². The Hall–Kier alpha value is -14.7. The molecule has 0 radical (unpaired) electrons. The highest BCUT2D eigenvalue weighted by molar-refractivity contribution is 7.92. The molecule has 16 aromatic rings. The molecule has 0 aliphatic rings. The number of fused-ring (bicyclic) bond motifs is 4. The first-order valence-corrected chi connectivity index (χ1v) is 39.4. The second-order valence-corrected chi connectivity index (χ2v) is 32.0. The molecule has 0 aliphatic carbocycles. The third-order valence-corrected chi connectivity index (χ3v) is 21.2. The number of carbonyl (C=O) groups is 4. The average molecular weight is 1570 g/mol. The predicted octanol–water partition coefficient (Wildman–Crippen LogP) is 11.6. The number of aromatic amines is 4. The van der Waals surface area contributed by atoms with Crippen LogP contribution in [0.2, 0.25) is 0 Å². The summed E-state index contributed by atoms with van der Waals surface area (Å²) >= 11 is 0. The number of H-pyrrole nitrogens is 4. The summed E-state index contributed by atoms with van der Waals surface area (Å²) in [6, 6.07) is 45.9. The van der Waals surface area contributed by atoms with E-state index in [4.69, 9.17) is 11.5 Å². The van der Waals surface area contributed by atoms with Gasteiger partial charge >= 0.3 is 0 Å². The number of nitrogens with two attached hydrogens (primary N) is 2. The maximum Gasteiger partial charge on any atom is 0.276 e. The summed E-state index contributed by atoms with van der Waals surface area (Å²) in [4.78, 5) is 83.1. The van der Waals surface area contributed by atoms with E-state index in [9.17, 15) is 44.4 Å². The Kier molecular flexibility index (Phi) is 22.1. The SMILES string of the molecule is CC(C)S(=O)(=O)c1ccc(NC(=O)c2n[nH]c3ccc(-c4cccnc4)cc23)cn1.CS(=O)(=O)c1ccc(NC(=O)c2n[nH]c3ccc(-c4cccnc4)cc23)cn1.CS(=O)(=O)c1ccc(NC(=O)c2n[nH]c3ccc(-c4cncc(N)c4)cc23)cn1.Cc1ccc(NC(=O)c2n[nH]c3ccc(-c4cncc(N)c4)cc23)cn1. The van der Waals surface area contributed by atoms with Crippen LogP contribution >= 0.6 is 0 Å². The molecule has 0 unspecified atom stereocenters. The number of benzene rings is 4. The molecule has 0 bridgehead atoms. The first-order chi connectivity index (χ1) is 54.2. The summed E-state index contributed by atoms with van der Waals surface area (Å²) < 4.78 is 70.3. The number of anilines is 6. The van der Waals surface area contributed by atoms with Crippen molar-refractivity contribution in [3.05, 3.63) is 261 Å². The molecule has 4 aromatic carbocycles. The van der Waals surface area contributed by atoms with Crippen molar-refractivity contribution >= 4 is 131 Å². The quantitative estimate of drug-likeness (QED) is 0.0429. The highest BCUT2D eigenvalue weighted by Crippen LogP contribution is 2.32. The smallest absolute Gasteiger partial charge is 0.276 e. The number of hydrogen-bond donors (Lipinski definition) is 10. The Balaban J connectivity index is 0.000000132. The van der Waals surface area contributed by atoms with E-state index < -0.39 is 52.5 Å². The lowest BCUT2D eigenvalue weighted by Crippen LogP contribution is -2.16. The molecule has 12 heterocycles. The van der Waals surface area contributed by atoms with Gasteiger partial charge in [0.1, 0.15) is 0 Å². The van der Waals surface area contributed by atoms with E-state index >= 15 is 0 Å². The Bertz CT molecular complexity index is 6610. The maximum absolute atomic E-state index is 12.8. The van der Waals surface area contributed by atoms with Gasteiger partial charge in [0, 0.05) is 112 Å². The Morgan fingerprint density at radius 2 is 0.655 bits per heavy atom. The van der Waals surface area contributed by atoms with Crippen molar-refractivity contribution in [1.29, 1.82) is 0 Å². The number of carbonyl (C=O) groups excluding carboxylic acids is 4. The zero-order chi connectivity index (χ0) is 79.7. The van der Waals surface area contributed by atoms with E-state index in [1.807, 2.05) is 116 Å². The third-order valence-electron chi connectivity index (χ3n) is 17.1. The van der Waals surface area contributed by atoms with Crippen LogP contribution in [0, 0.1) is 6.92 Å². The van der Waals surface area contributed by atoms with Gasteiger partial charge in [-0.3, -0.25) is 64.5 Å². The van der Waals surface area contributed by atoms with Gasteiger partial charge in [-0.05, 0) is 164 Å². The molecule has 35 heteroatoms. The summed E-state index contributed by atoms with van der Waals surface area (Å²) in [6.45, 7) is 5.07. The second kappa shape index (κ2) is 32.6. The molecule has 0 saturated heterocycles. The number of amides is 4. The number of sulfone groups is 3. The van der Waals surface area contributed by atoms with E-state index in [0.29, 0.717) is 61.5 Å². The Labute approximate surface area is 643 Å². The van der Waals surface area contributed by atoms with Crippen molar-refractivity contribution in [1.82, 2.24) is 80.7 Å². The molecule has 12 N–H and O–H groups in total. The van der Waals surface area contributed by atoms with Crippen molar-refractivity contribution in [3.8, 4) is 44.5 Å². The van der Waals surface area contributed by atoms with E-state index in [-0.39, 0.29) is 38.1 Å². The molecule has 4 amide bonds. The molecule has 12 aromatic heterocycles. The molecule has 0 fully saturated rings. The highest BCUT2D eigenvalue weighted by atomic mass is 32.2. The number of nitrogens with one attached hydrogen (secondary N) is 8. The summed E-state index contributed by atoms with van der Waals surface area (Å²) in [7, 11) is -10.3. The molecule has 0 aliphatic heterocycles. The van der Waals surface area contributed by atoms with Crippen molar-refractivity contribution in [3.63, 3.8) is 0 Å². The molecule has 32 nitrogen and oxygen atoms in total. The normalized spacial score (nSPS) is 11.4. The van der Waals surface area contributed by atoms with Crippen LogP contribution in [0.4, 0.5) is 34.1 Å². The molecule has 113 heavy (non-hydrogen) atoms. The van der Waals surface area contributed by atoms with E-state index in [2.05, 4.69) is 102 Å². The number of aryl methyl sites for hydroxylation is 1. The van der Waals surface area contributed by atoms with Gasteiger partial charge in [-0.25, -0.2) is 40.2 Å². The fraction of sp³-hybridized carbons (Fsp3) is 0.0769. The lowest BCUT2D eigenvalue weighted by atomic mass is 10.0. The first-order valence-electron chi connectivity index (χ1n) is 34.0. The Morgan fingerprint density at radius 3 is 0.929 bits per heavy atom. The zero-order valence-corrected chi connectivity index (χ0v) is 62.8. The zero-order valence-electron chi connectivity index (χ0n) is 60.3. The minimum Gasteiger partial charge on any atom is -0.397 e. The van der Waals surface area contributed by atoms with Crippen molar-refractivity contribution in [2.75, 3.05) is 45.2 Å². The van der Waals surface area contributed by atoms with Gasteiger partial charge in [0.25, 0.3) is 23.6 Å². The lowest BCUT2D eigenvalue weighted by molar-refractivity contribution is 0.101. The van der Waals surface area contributed by atoms with Crippen LogP contribution in [0.15, 0.2) is 247 Å². The largest absolute Gasteiger partial charge is 0.397 e. The first kappa shape index (κ1) is 76.5. The summed E-state index contributed by atoms with van der Waals surface area (Å²) in [5.41, 5.74) is 26.4. The van der Waals surface area contributed by atoms with Gasteiger partial charge in [-0.2, -0.15) is 20.4 Å². The third kappa shape index (κ3) is 18.0. The standard InChI is InChI=1S/C21H19N5O3S.C19H16N6O3S.C19H16N6O.C19H15N5O3S/c1-13(2)30(28,29)19-8-6-16(12-23-19)24-21(27)20-17-10-14(5-7-18(17)25-26-20)15-4-3-9-22-11-15;1-29(27,28)17-5-3-14(10-22-17)23-19(26)18-15-7-11(2-4-16(15)24-25-18)12-6-13(20)9-21-8-12;1-11-2-4-15(10-22-11)23-19(26)18-16-7-12(3-5-17(16)24-25-18)13-6-14(20)9-21-8-13;1-28(26,27)17-7-5-14(11-21-17)22-19(25)18-15-9-12(4-6-16(15)23-24-18)13-3-2-8-20-10-13/h3-13H,1-2H3,(H,24,27)(H,25,26);2-10H,20H2,1H3,(H,23,26)(H,24,25);2-10H,20H2,1H3,(H,23,26)(H,24,25);2-11H,1H3,(H,22,25)(H,23,24). The van der Waals surface area contributed by atoms with Gasteiger partial charge in [0.05, 0.1) is 86.2 Å². The van der Waals surface area contributed by atoms with Crippen LogP contribution in [-0.4, -0.2) is 147 Å². The van der Waals surface area contributed by atoms with E-state index in [1.54, 1.807) is 81.8 Å². The molecule has 566 valence electrons. The molecule has 0 saturated carbocycles. The van der Waals surface area contributed by atoms with Crippen LogP contribution in [-0.2, 0) is 29.5 Å². The monoisotopic (exact) mass is 1570 g/mol. The van der Waals surface area contributed by atoms with Gasteiger partial charge in [-0.15, -0.1) is 0 Å². The molecule has 0 atom stereocenters. The van der Waals surface area contributed by atoms with Crippen LogP contribution in [0.3, 0.4) is 0 Å². The summed E-state index contributed by atoms with van der Waals surface area (Å²) in [5, 5.41) is 40.8. The van der Waals surface area contributed by atoms with E-state index in [0.717, 1.165) is 84.6 Å². The van der Waals surface area contributed by atoms with Crippen molar-refractivity contribution < 1.29 is 44.4 Å². The number of nitrogen functional groups attached to an aromatic ring is 2. The number of nitrogens with zero attached hydrogens (tertiary/aromatic N) is 12. The van der Waals surface area contributed by atoms with Crippen LogP contribution in [0.1, 0.15) is 61.5 Å². The Morgan fingerprint density at radius 1 is 0.345 bits per heavy atom. The van der Waals surface area contributed by atoms with Crippen molar-refractivity contribution in [2.45, 2.75) is 41.1 Å². The number of rotatable bonds is 16. The molecule has 0 spiro atoms. The van der Waals surface area contributed by atoms with Crippen LogP contribution in [0.5, 0.6) is 0 Å². The minimum absolute atomic E-state index is 0.0261. The summed E-state index contributed by atoms with van der Waals surface area (Å²) in [6.07, 6.45) is 21.1. The number of hydrogen-bond acceptors (Lipinski definition) is 24. The predicted molar refractivity (Wildman–Crippen MR) is 428 cm³/mol. The van der Waals surface area contributed by atoms with Gasteiger partial charge in [0.2, 0.25) is 0 Å². The van der Waals surface area contributed by atoms with Crippen molar-refractivity contribution in [2.24, 2.45) is 0 Å². The molecular formula is C78H66N22O10S3. The maximum atomic E-state index is 12.8. The lowest BCUT2D eigenvalue weighted by Gasteiger charge is -2.08. The summed E-state index contributed by atoms with van der Waals surface area (Å²) in [5.74, 6) is -1.60. The van der Waals surface area contributed by atoms with Crippen LogP contribution < -0.4 is 32.7 Å². The van der Waals surface area contributed by atoms with Gasteiger partial charge in [-0.1, -0.05) is 36.4 Å². The second-order valence-electron chi connectivity index (χ2n) is 25.6. The average Bonchev–Trinajstić information content (AvgIpc) is 1.71. The number of aromatic nitrogens is 16. The van der Waals surface area contributed by atoms with Gasteiger partial charge < -0.3 is 32.7 Å². The highest BCUT2D eigenvalue weighted by Gasteiger charge is 2.24. The molecular weight excluding hydrogens is 1500 g/mol. The fourth-order valence-electron chi connectivity index (χ4n) is 11.3. The van der Waals surface area contributed by atoms with Crippen LogP contribution in [0.25, 0.3) is 88.1 Å². The fourth-order valence-corrected chi connectivity index (χ4v) is 13.3.